The summed E-state index contributed by atoms with van der Waals surface area (Å²) in [6, 6.07) is 0.465. The van der Waals surface area contributed by atoms with Gasteiger partial charge < -0.3 is 19.6 Å². The Hall–Kier alpha value is -0.650. The van der Waals surface area contributed by atoms with Gasteiger partial charge in [-0.3, -0.25) is 4.79 Å². The van der Waals surface area contributed by atoms with E-state index in [0.29, 0.717) is 24.3 Å². The van der Waals surface area contributed by atoms with Gasteiger partial charge in [0.2, 0.25) is 5.91 Å². The quantitative estimate of drug-likeness (QED) is 0.241. The van der Waals surface area contributed by atoms with Gasteiger partial charge in [-0.1, -0.05) is 151 Å². The monoisotopic (exact) mass is 689 g/mol. The lowest BCUT2D eigenvalue weighted by molar-refractivity contribution is -0.133. The minimum absolute atomic E-state index is 0. The predicted molar refractivity (Wildman–Crippen MR) is 225 cm³/mol. The first-order valence-corrected chi connectivity index (χ1v) is 19.6. The number of carbonyl (C=O) groups is 1. The minimum atomic E-state index is 0. The Morgan fingerprint density at radius 1 is 0.542 bits per heavy atom. The Kier molecular flexibility index (Phi) is 48.5. The molecule has 0 radical (unpaired) electrons. The van der Waals surface area contributed by atoms with Gasteiger partial charge in [-0.25, -0.2) is 0 Å². The Labute approximate surface area is 308 Å². The molecule has 2 rings (SSSR count). The van der Waals surface area contributed by atoms with Crippen molar-refractivity contribution in [3.63, 3.8) is 0 Å². The van der Waals surface area contributed by atoms with E-state index in [-0.39, 0.29) is 14.9 Å². The maximum absolute atomic E-state index is 11.8. The van der Waals surface area contributed by atoms with Crippen molar-refractivity contribution in [2.45, 2.75) is 177 Å². The van der Waals surface area contributed by atoms with Gasteiger partial charge in [-0.2, -0.15) is 0 Å². The molecule has 2 aliphatic rings. The Morgan fingerprint density at radius 3 is 1.08 bits per heavy atom. The van der Waals surface area contributed by atoms with Crippen LogP contribution in [0.2, 0.25) is 0 Å². The predicted octanol–water partition coefficient (Wildman–Crippen LogP) is 12.0. The van der Waals surface area contributed by atoms with Gasteiger partial charge in [-0.15, -0.1) is 0 Å². The van der Waals surface area contributed by atoms with Crippen LogP contribution in [0.1, 0.15) is 171 Å². The fraction of sp³-hybridized carbons (Fsp3) is 0.977. The van der Waals surface area contributed by atoms with Crippen molar-refractivity contribution in [1.82, 2.24) is 19.6 Å². The van der Waals surface area contributed by atoms with Crippen LogP contribution in [0.3, 0.4) is 0 Å². The molecule has 5 nitrogen and oxygen atoms in total. The fourth-order valence-corrected chi connectivity index (χ4v) is 3.63. The number of hydrogen-bond acceptors (Lipinski definition) is 4. The van der Waals surface area contributed by atoms with Crippen molar-refractivity contribution in [1.29, 1.82) is 0 Å². The first-order chi connectivity index (χ1) is 21.3. The smallest absolute Gasteiger partial charge is 0.222 e. The molecule has 0 bridgehead atoms. The van der Waals surface area contributed by atoms with Crippen LogP contribution < -0.4 is 0 Å². The molecule has 0 aromatic rings. The first kappa shape index (κ1) is 59.5. The van der Waals surface area contributed by atoms with Crippen LogP contribution in [0.5, 0.6) is 0 Å². The summed E-state index contributed by atoms with van der Waals surface area (Å²) in [6.07, 6.45) is 8.15. The van der Waals surface area contributed by atoms with Crippen molar-refractivity contribution >= 4 is 5.91 Å². The third kappa shape index (κ3) is 47.5. The molecular formula is C43H100N4O. The molecule has 2 fully saturated rings. The van der Waals surface area contributed by atoms with Gasteiger partial charge in [0.15, 0.2) is 0 Å². The molecular weight excluding hydrogens is 589 g/mol. The van der Waals surface area contributed by atoms with Crippen molar-refractivity contribution < 1.29 is 4.79 Å². The van der Waals surface area contributed by atoms with Crippen LogP contribution in [0, 0.1) is 35.5 Å². The Morgan fingerprint density at radius 2 is 0.833 bits per heavy atom. The Balaban J connectivity index is -0.000000118. The number of nitrogens with zero attached hydrogens (tertiary/aromatic N) is 4. The maximum atomic E-state index is 11.8. The highest BCUT2D eigenvalue weighted by molar-refractivity contribution is 5.76. The van der Waals surface area contributed by atoms with Crippen molar-refractivity contribution in [2.75, 3.05) is 67.0 Å². The summed E-state index contributed by atoms with van der Waals surface area (Å²) in [5, 5.41) is 0. The van der Waals surface area contributed by atoms with E-state index in [0.717, 1.165) is 55.5 Å². The lowest BCUT2D eigenvalue weighted by Gasteiger charge is -2.35. The molecule has 0 aliphatic carbocycles. The summed E-state index contributed by atoms with van der Waals surface area (Å²) in [6.45, 7) is 43.9. The lowest BCUT2D eigenvalue weighted by Crippen LogP contribution is -2.45. The minimum Gasteiger partial charge on any atom is -0.343 e. The molecule has 0 aromatic heterocycles. The molecule has 48 heavy (non-hydrogen) atoms. The van der Waals surface area contributed by atoms with Crippen LogP contribution in [-0.2, 0) is 4.79 Å². The highest BCUT2D eigenvalue weighted by Gasteiger charge is 2.24. The average molecular weight is 689 g/mol. The molecule has 0 aromatic carbocycles. The van der Waals surface area contributed by atoms with E-state index in [2.05, 4.69) is 140 Å². The Bertz CT molecular complexity index is 570. The summed E-state index contributed by atoms with van der Waals surface area (Å²) < 4.78 is 0. The maximum Gasteiger partial charge on any atom is 0.222 e. The molecule has 0 atom stereocenters. The zero-order valence-corrected chi connectivity index (χ0v) is 35.6. The van der Waals surface area contributed by atoms with Gasteiger partial charge in [0.1, 0.15) is 0 Å². The highest BCUT2D eigenvalue weighted by Crippen LogP contribution is 2.16. The number of piperidine rings is 1. The second-order valence-electron chi connectivity index (χ2n) is 16.3. The number of rotatable bonds is 9. The van der Waals surface area contributed by atoms with Crippen molar-refractivity contribution in [3.8, 4) is 0 Å². The topological polar surface area (TPSA) is 30.0 Å². The van der Waals surface area contributed by atoms with E-state index in [1.807, 2.05) is 11.9 Å². The SMILES string of the molecule is C.C.CC(C)CC(=O)N(C)C1CCN(C)CC1.CC(C)CN1CCN(C)CC1.CCC(C)C.CCC(C)C.CCC(C)C.CCC(C)C. The second kappa shape index (κ2) is 39.1. The zero-order chi connectivity index (χ0) is 36.8. The summed E-state index contributed by atoms with van der Waals surface area (Å²) in [5.41, 5.74) is 0. The van der Waals surface area contributed by atoms with Crippen molar-refractivity contribution in [2.24, 2.45) is 35.5 Å². The van der Waals surface area contributed by atoms with E-state index >= 15 is 0 Å². The summed E-state index contributed by atoms with van der Waals surface area (Å²) in [5.74, 6) is 5.12. The van der Waals surface area contributed by atoms with E-state index < -0.39 is 0 Å². The van der Waals surface area contributed by atoms with E-state index in [1.165, 1.54) is 58.4 Å². The van der Waals surface area contributed by atoms with Gasteiger partial charge >= 0.3 is 0 Å². The van der Waals surface area contributed by atoms with E-state index in [9.17, 15) is 4.79 Å². The molecule has 5 heteroatoms. The molecule has 2 aliphatic heterocycles. The molecule has 298 valence electrons. The first-order valence-electron chi connectivity index (χ1n) is 19.6. The van der Waals surface area contributed by atoms with Crippen LogP contribution in [0.4, 0.5) is 0 Å². The van der Waals surface area contributed by atoms with E-state index in [4.69, 9.17) is 0 Å². The summed E-state index contributed by atoms with van der Waals surface area (Å²) in [4.78, 5) is 21.1. The molecule has 0 N–H and O–H groups in total. The molecule has 0 saturated carbocycles. The van der Waals surface area contributed by atoms with Crippen LogP contribution in [-0.4, -0.2) is 98.5 Å². The summed E-state index contributed by atoms with van der Waals surface area (Å²) in [7, 11) is 6.31. The number of piperazine rings is 1. The molecule has 2 saturated heterocycles. The molecule has 1 amide bonds. The number of carbonyl (C=O) groups excluding carboxylic acids is 1. The number of hydrogen-bond donors (Lipinski definition) is 0. The second-order valence-corrected chi connectivity index (χ2v) is 16.3. The third-order valence-corrected chi connectivity index (χ3v) is 8.70. The number of amides is 1. The van der Waals surface area contributed by atoms with Gasteiger partial charge in [0.25, 0.3) is 0 Å². The van der Waals surface area contributed by atoms with Crippen molar-refractivity contribution in [3.05, 3.63) is 0 Å². The van der Waals surface area contributed by atoms with Gasteiger partial charge in [0, 0.05) is 52.2 Å². The summed E-state index contributed by atoms with van der Waals surface area (Å²) >= 11 is 0. The van der Waals surface area contributed by atoms with Gasteiger partial charge in [-0.05, 0) is 75.5 Å². The number of likely N-dealkylation sites (N-methyl/N-ethyl adjacent to an activating group) is 1. The van der Waals surface area contributed by atoms with E-state index in [1.54, 1.807) is 0 Å². The van der Waals surface area contributed by atoms with Crippen LogP contribution in [0.25, 0.3) is 0 Å². The lowest BCUT2D eigenvalue weighted by atomic mass is 10.0. The normalized spacial score (nSPS) is 15.4. The van der Waals surface area contributed by atoms with Crippen LogP contribution >= 0.6 is 0 Å². The highest BCUT2D eigenvalue weighted by atomic mass is 16.2. The largest absolute Gasteiger partial charge is 0.343 e. The molecule has 0 unspecified atom stereocenters. The van der Waals surface area contributed by atoms with Gasteiger partial charge in [0.05, 0.1) is 0 Å². The number of likely N-dealkylation sites (tertiary alicyclic amines) is 1. The molecule has 0 spiro atoms. The zero-order valence-electron chi connectivity index (χ0n) is 35.6. The molecule has 2 heterocycles. The fourth-order valence-electron chi connectivity index (χ4n) is 3.63. The average Bonchev–Trinajstić information content (AvgIpc) is 2.99. The third-order valence-electron chi connectivity index (χ3n) is 8.70. The van der Waals surface area contributed by atoms with Crippen LogP contribution in [0.15, 0.2) is 0 Å². The standard InChI is InChI=1S/C12H24N2O.C9H20N2.4C5H12.2CH4/c1-10(2)9-12(15)14(4)11-5-7-13(3)8-6-11;1-9(2)8-11-6-4-10(3)5-7-11;4*1-4-5(2)3;;/h10-11H,5-9H2,1-4H3;9H,4-8H2,1-3H3;4*5H,4H2,1-3H3;2*1H4.